The number of benzene rings is 4. The van der Waals surface area contributed by atoms with Gasteiger partial charge in [-0.1, -0.05) is 61.5 Å². The summed E-state index contributed by atoms with van der Waals surface area (Å²) in [5.41, 5.74) is 5.69. The van der Waals surface area contributed by atoms with Crippen LogP contribution in [0.15, 0.2) is 84.9 Å². The molecule has 6 aromatic rings. The molecule has 4 aromatic carbocycles. The molecule has 0 saturated carbocycles. The van der Waals surface area contributed by atoms with E-state index in [1.807, 2.05) is 87.4 Å². The second kappa shape index (κ2) is 52.7. The number of anilines is 2. The van der Waals surface area contributed by atoms with Gasteiger partial charge in [0.05, 0.1) is 115 Å². The number of aromatic amines is 2. The number of aldehydes is 1. The number of nitrogens with one attached hydrogen (secondary N) is 4. The summed E-state index contributed by atoms with van der Waals surface area (Å²) in [6, 6.07) is 24.8. The van der Waals surface area contributed by atoms with Crippen molar-refractivity contribution in [2.45, 2.75) is 83.1 Å². The molecule has 0 unspecified atom stereocenters. The van der Waals surface area contributed by atoms with E-state index < -0.39 is 0 Å². The van der Waals surface area contributed by atoms with Crippen molar-refractivity contribution < 1.29 is 72.0 Å². The molecule has 6 N–H and O–H groups in total. The van der Waals surface area contributed by atoms with Gasteiger partial charge < -0.3 is 72.9 Å². The minimum atomic E-state index is -0.317. The van der Waals surface area contributed by atoms with Crippen molar-refractivity contribution >= 4 is 57.6 Å². The molecule has 454 valence electrons. The molecule has 0 spiro atoms. The van der Waals surface area contributed by atoms with E-state index in [4.69, 9.17) is 52.9 Å². The van der Waals surface area contributed by atoms with Crippen LogP contribution in [-0.2, 0) is 38.0 Å². The third kappa shape index (κ3) is 35.6. The van der Waals surface area contributed by atoms with E-state index in [-0.39, 0.29) is 36.6 Å². The van der Waals surface area contributed by atoms with Crippen molar-refractivity contribution in [3.8, 4) is 11.5 Å². The Morgan fingerprint density at radius 1 is 0.531 bits per heavy atom. The molecular formula is C60H94N6O15. The number of nitrogens with zero attached hydrogens (tertiary/aromatic N) is 2. The van der Waals surface area contributed by atoms with E-state index in [0.29, 0.717) is 138 Å². The molecule has 0 radical (unpaired) electrons. The van der Waals surface area contributed by atoms with Crippen LogP contribution in [0.25, 0.3) is 22.1 Å². The van der Waals surface area contributed by atoms with E-state index in [2.05, 4.69) is 35.3 Å². The van der Waals surface area contributed by atoms with E-state index in [9.17, 15) is 14.4 Å². The lowest BCUT2D eigenvalue weighted by atomic mass is 10.1. The summed E-state index contributed by atoms with van der Waals surface area (Å²) < 4.78 is 47.5. The number of aliphatic hydroxyl groups is 2. The minimum absolute atomic E-state index is 0.00614. The maximum Gasteiger partial charge on any atom is 0.291 e. The van der Waals surface area contributed by atoms with Gasteiger partial charge in [0.25, 0.3) is 11.8 Å². The molecule has 0 saturated heterocycles. The lowest BCUT2D eigenvalue weighted by Gasteiger charge is -2.09. The molecule has 2 heterocycles. The first kappa shape index (κ1) is 76.4. The molecule has 0 bridgehead atoms. The van der Waals surface area contributed by atoms with Crippen molar-refractivity contribution in [1.82, 2.24) is 19.9 Å². The first-order chi connectivity index (χ1) is 39.5. The number of carbonyl (C=O) groups excluding carboxylic acids is 4. The number of rotatable bonds is 30. The van der Waals surface area contributed by atoms with Gasteiger partial charge in [-0.05, 0) is 112 Å². The number of Topliss-reactive ketones (excluding diaryl/α,β-unsaturated/α-hetero) is 1. The summed E-state index contributed by atoms with van der Waals surface area (Å²) in [5.74, 6) is 1.22. The molecular weight excluding hydrogens is 1040 g/mol. The number of aromatic nitrogens is 4. The second-order valence-corrected chi connectivity index (χ2v) is 15.1. The van der Waals surface area contributed by atoms with Crippen molar-refractivity contribution in [2.75, 3.05) is 130 Å². The summed E-state index contributed by atoms with van der Waals surface area (Å²) in [4.78, 5) is 60.0. The summed E-state index contributed by atoms with van der Waals surface area (Å²) >= 11 is 0. The van der Waals surface area contributed by atoms with Crippen LogP contribution in [-0.4, -0.2) is 173 Å². The third-order valence-corrected chi connectivity index (χ3v) is 9.44. The second-order valence-electron chi connectivity index (χ2n) is 15.1. The molecule has 0 fully saturated rings. The van der Waals surface area contributed by atoms with Gasteiger partial charge in [0, 0.05) is 30.5 Å². The number of fused-ring (bicyclic) bond motifs is 2. The topological polar surface area (TPSA) is 273 Å². The van der Waals surface area contributed by atoms with Gasteiger partial charge in [0.2, 0.25) is 5.95 Å². The summed E-state index contributed by atoms with van der Waals surface area (Å²) in [7, 11) is 1.68. The van der Waals surface area contributed by atoms with Gasteiger partial charge in [-0.3, -0.25) is 19.7 Å². The smallest absolute Gasteiger partial charge is 0.291 e. The Morgan fingerprint density at radius 3 is 1.37 bits per heavy atom. The average Bonchev–Trinajstić information content (AvgIpc) is 4.13. The maximum absolute atomic E-state index is 12.5. The zero-order valence-electron chi connectivity index (χ0n) is 50.3. The Hall–Kier alpha value is -6.66. The van der Waals surface area contributed by atoms with Crippen LogP contribution in [0.2, 0.25) is 0 Å². The molecule has 0 atom stereocenters. The van der Waals surface area contributed by atoms with Crippen LogP contribution in [0.3, 0.4) is 0 Å². The molecule has 21 heteroatoms. The first-order valence-corrected chi connectivity index (χ1v) is 27.7. The van der Waals surface area contributed by atoms with Gasteiger partial charge in [0.15, 0.2) is 11.6 Å². The number of hydrogen-bond donors (Lipinski definition) is 6. The SMILES string of the molecule is CC.CC.CC.CC.CC(=O)c1ccc2nc(NC(=O)c3ccc(OCCOCCOCCOCCO)cc3)[nH]c2c1.CC=O.CCOC.Cc1ccc2nc(C(=O)Nc3ccc(OCCOCCOCCOCCO)cc3)[nH]c2c1. The van der Waals surface area contributed by atoms with Crippen LogP contribution < -0.4 is 20.1 Å². The minimum Gasteiger partial charge on any atom is -0.491 e. The number of methoxy groups -OCH3 is 1. The highest BCUT2D eigenvalue weighted by atomic mass is 16.6. The zero-order valence-corrected chi connectivity index (χ0v) is 50.3. The maximum atomic E-state index is 12.5. The number of ether oxygens (including phenoxy) is 9. The predicted molar refractivity (Wildman–Crippen MR) is 320 cm³/mol. The molecule has 0 aliphatic heterocycles. The highest BCUT2D eigenvalue weighted by Gasteiger charge is 2.13. The van der Waals surface area contributed by atoms with Crippen LogP contribution in [0, 0.1) is 6.92 Å². The van der Waals surface area contributed by atoms with E-state index in [0.717, 1.165) is 29.5 Å². The Bertz CT molecular complexity index is 2470. The van der Waals surface area contributed by atoms with Gasteiger partial charge in [-0.15, -0.1) is 0 Å². The number of hydrogen-bond acceptors (Lipinski definition) is 17. The van der Waals surface area contributed by atoms with E-state index >= 15 is 0 Å². The van der Waals surface area contributed by atoms with E-state index in [1.165, 1.54) is 13.8 Å². The Balaban J connectivity index is 0. The highest BCUT2D eigenvalue weighted by Crippen LogP contribution is 2.20. The number of ketones is 1. The van der Waals surface area contributed by atoms with Crippen molar-refractivity contribution in [2.24, 2.45) is 0 Å². The lowest BCUT2D eigenvalue weighted by Crippen LogP contribution is -2.14. The Labute approximate surface area is 480 Å². The fourth-order valence-corrected chi connectivity index (χ4v) is 5.88. The zero-order chi connectivity index (χ0) is 60.9. The van der Waals surface area contributed by atoms with Gasteiger partial charge in [-0.25, -0.2) is 9.97 Å². The number of aliphatic hydroxyl groups excluding tert-OH is 2. The lowest BCUT2D eigenvalue weighted by molar-refractivity contribution is -0.106. The molecule has 21 nitrogen and oxygen atoms in total. The molecule has 81 heavy (non-hydrogen) atoms. The molecule has 0 aliphatic rings. The first-order valence-electron chi connectivity index (χ1n) is 27.7. The van der Waals surface area contributed by atoms with Crippen LogP contribution in [0.4, 0.5) is 11.6 Å². The van der Waals surface area contributed by atoms with Crippen molar-refractivity contribution in [3.63, 3.8) is 0 Å². The van der Waals surface area contributed by atoms with E-state index in [1.54, 1.807) is 73.8 Å². The number of H-pyrrole nitrogens is 2. The van der Waals surface area contributed by atoms with Crippen LogP contribution in [0.5, 0.6) is 11.5 Å². The third-order valence-electron chi connectivity index (χ3n) is 9.44. The molecule has 2 amide bonds. The largest absolute Gasteiger partial charge is 0.491 e. The number of amides is 2. The number of aryl methyl sites for hydroxylation is 1. The summed E-state index contributed by atoms with van der Waals surface area (Å²) in [6.45, 7) is 29.7. The monoisotopic (exact) mass is 1140 g/mol. The fraction of sp³-hybridized carbons (Fsp3) is 0.500. The van der Waals surface area contributed by atoms with Gasteiger partial charge in [-0.2, -0.15) is 0 Å². The summed E-state index contributed by atoms with van der Waals surface area (Å²) in [6.07, 6.45) is 0.750. The van der Waals surface area contributed by atoms with Crippen molar-refractivity contribution in [1.29, 1.82) is 0 Å². The van der Waals surface area contributed by atoms with Gasteiger partial charge >= 0.3 is 0 Å². The van der Waals surface area contributed by atoms with Crippen LogP contribution >= 0.6 is 0 Å². The molecule has 2 aromatic heterocycles. The molecule has 0 aliphatic carbocycles. The van der Waals surface area contributed by atoms with Crippen molar-refractivity contribution in [3.05, 3.63) is 107 Å². The number of imidazole rings is 2. The fourth-order valence-electron chi connectivity index (χ4n) is 5.88. The highest BCUT2D eigenvalue weighted by molar-refractivity contribution is 6.05. The normalized spacial score (nSPS) is 9.81. The van der Waals surface area contributed by atoms with Gasteiger partial charge in [0.1, 0.15) is 31.0 Å². The predicted octanol–water partition coefficient (Wildman–Crippen LogP) is 9.95. The summed E-state index contributed by atoms with van der Waals surface area (Å²) in [5, 5.41) is 22.7. The molecule has 6 rings (SSSR count). The Kier molecular flexibility index (Phi) is 49.7. The Morgan fingerprint density at radius 2 is 0.926 bits per heavy atom. The van der Waals surface area contributed by atoms with Crippen LogP contribution in [0.1, 0.15) is 113 Å². The standard InChI is InChI=1S/C24H29N3O7.C23H29N3O6.C3H8O.C2H4O.4C2H6/c1-17(29)19-4-7-21-22(16-19)26-24(25-21)27-23(30)18-2-5-20(6-3-18)34-15-14-33-13-12-32-11-10-31-9-8-28;1-17-2-7-20-21(16-17)26-22(25-20)23(28)24-18-3-5-19(6-4-18)32-15-14-31-13-12-30-11-10-29-9-8-27;1-3-4-2;1-2-3;4*1-2/h2-7,16,28H,8-15H2,1H3,(H2,25,26,27,30);2-7,16,27H,8-15H2,1H3,(H,24,28)(H,25,26);3H2,1-2H3;2H,1H3;4*1-2H3. The quantitative estimate of drug-likeness (QED) is 0.0139. The number of carbonyl (C=O) groups is 4. The average molecular weight is 1140 g/mol.